The number of carbonyl (C=O) groups is 2. The van der Waals surface area contributed by atoms with Crippen molar-refractivity contribution in [2.75, 3.05) is 5.01 Å². The first kappa shape index (κ1) is 11.4. The Hall–Kier alpha value is -2.04. The van der Waals surface area contributed by atoms with Crippen molar-refractivity contribution in [1.29, 1.82) is 0 Å². The highest BCUT2D eigenvalue weighted by molar-refractivity contribution is 5.90. The van der Waals surface area contributed by atoms with Crippen molar-refractivity contribution >= 4 is 17.5 Å². The lowest BCUT2D eigenvalue weighted by Crippen LogP contribution is -2.52. The van der Waals surface area contributed by atoms with Gasteiger partial charge >= 0.3 is 6.03 Å². The summed E-state index contributed by atoms with van der Waals surface area (Å²) in [5, 5.41) is 1.57. The number of rotatable bonds is 3. The van der Waals surface area contributed by atoms with Crippen molar-refractivity contribution in [3.8, 4) is 0 Å². The van der Waals surface area contributed by atoms with Crippen LogP contribution in [0.1, 0.15) is 19.3 Å². The molecule has 1 aromatic rings. The molecule has 5 heteroatoms. The van der Waals surface area contributed by atoms with Crippen LogP contribution in [0.15, 0.2) is 30.3 Å². The van der Waals surface area contributed by atoms with Crippen LogP contribution in [0.25, 0.3) is 0 Å². The van der Waals surface area contributed by atoms with Gasteiger partial charge in [0, 0.05) is 6.42 Å². The first-order valence-electron chi connectivity index (χ1n) is 5.61. The van der Waals surface area contributed by atoms with Crippen LogP contribution >= 0.6 is 0 Å². The SMILES string of the molecule is NC(=O)NN(c1ccccc1)C1CCCC1=O. The molecule has 0 radical (unpaired) electrons. The Balaban J connectivity index is 2.25. The molecule has 1 unspecified atom stereocenters. The molecule has 1 atom stereocenters. The van der Waals surface area contributed by atoms with Gasteiger partial charge in [-0.05, 0) is 25.0 Å². The van der Waals surface area contributed by atoms with Gasteiger partial charge in [0.25, 0.3) is 0 Å². The Morgan fingerprint density at radius 2 is 2.06 bits per heavy atom. The Morgan fingerprint density at radius 1 is 1.35 bits per heavy atom. The van der Waals surface area contributed by atoms with E-state index in [4.69, 9.17) is 5.73 Å². The number of Topliss-reactive ketones (excluding diaryl/α,β-unsaturated/α-hetero) is 1. The second-order valence-electron chi connectivity index (χ2n) is 4.06. The quantitative estimate of drug-likeness (QED) is 0.770. The number of carbonyl (C=O) groups excluding carboxylic acids is 2. The maximum Gasteiger partial charge on any atom is 0.331 e. The van der Waals surface area contributed by atoms with E-state index < -0.39 is 6.03 Å². The minimum Gasteiger partial charge on any atom is -0.350 e. The zero-order valence-electron chi connectivity index (χ0n) is 9.43. The second kappa shape index (κ2) is 4.86. The van der Waals surface area contributed by atoms with Crippen LogP contribution in [-0.2, 0) is 4.79 Å². The molecule has 3 N–H and O–H groups in total. The topological polar surface area (TPSA) is 75.4 Å². The Kier molecular flexibility index (Phi) is 3.27. The van der Waals surface area contributed by atoms with Gasteiger partial charge in [-0.1, -0.05) is 18.2 Å². The summed E-state index contributed by atoms with van der Waals surface area (Å²) in [7, 11) is 0. The van der Waals surface area contributed by atoms with Crippen LogP contribution in [-0.4, -0.2) is 17.9 Å². The summed E-state index contributed by atoms with van der Waals surface area (Å²) in [6.45, 7) is 0. The van der Waals surface area contributed by atoms with Crippen molar-refractivity contribution < 1.29 is 9.59 Å². The summed E-state index contributed by atoms with van der Waals surface area (Å²) in [5.74, 6) is 0.141. The molecule has 1 aliphatic rings. The number of para-hydroxylation sites is 1. The summed E-state index contributed by atoms with van der Waals surface area (Å²) in [4.78, 5) is 22.7. The molecule has 1 aliphatic carbocycles. The molecule has 1 fully saturated rings. The third-order valence-corrected chi connectivity index (χ3v) is 2.85. The van der Waals surface area contributed by atoms with Gasteiger partial charge in [-0.25, -0.2) is 10.2 Å². The number of hydrogen-bond acceptors (Lipinski definition) is 3. The number of ketones is 1. The zero-order valence-corrected chi connectivity index (χ0v) is 9.43. The molecule has 1 saturated carbocycles. The number of urea groups is 1. The number of primary amides is 1. The largest absolute Gasteiger partial charge is 0.350 e. The van der Waals surface area contributed by atoms with Gasteiger partial charge in [0.1, 0.15) is 6.04 Å². The van der Waals surface area contributed by atoms with Crippen LogP contribution in [0.4, 0.5) is 10.5 Å². The van der Waals surface area contributed by atoms with E-state index in [0.717, 1.165) is 18.5 Å². The van der Waals surface area contributed by atoms with E-state index in [9.17, 15) is 9.59 Å². The van der Waals surface area contributed by atoms with Gasteiger partial charge in [0.2, 0.25) is 0 Å². The van der Waals surface area contributed by atoms with Gasteiger partial charge in [0.15, 0.2) is 5.78 Å². The number of benzene rings is 1. The van der Waals surface area contributed by atoms with Crippen LogP contribution in [0.3, 0.4) is 0 Å². The van der Waals surface area contributed by atoms with Gasteiger partial charge in [0.05, 0.1) is 5.69 Å². The van der Waals surface area contributed by atoms with Crippen molar-refractivity contribution in [3.05, 3.63) is 30.3 Å². The fraction of sp³-hybridized carbons (Fsp3) is 0.333. The fourth-order valence-corrected chi connectivity index (χ4v) is 2.10. The lowest BCUT2D eigenvalue weighted by molar-refractivity contribution is -0.118. The van der Waals surface area contributed by atoms with Crippen LogP contribution in [0.2, 0.25) is 0 Å². The Bertz CT molecular complexity index is 419. The molecule has 5 nitrogen and oxygen atoms in total. The van der Waals surface area contributed by atoms with Crippen LogP contribution < -0.4 is 16.2 Å². The molecule has 0 bridgehead atoms. The highest BCUT2D eigenvalue weighted by Gasteiger charge is 2.31. The van der Waals surface area contributed by atoms with Crippen molar-refractivity contribution in [2.45, 2.75) is 25.3 Å². The zero-order chi connectivity index (χ0) is 12.3. The smallest absolute Gasteiger partial charge is 0.331 e. The number of hydrogen-bond donors (Lipinski definition) is 2. The molecule has 90 valence electrons. The highest BCUT2D eigenvalue weighted by atomic mass is 16.2. The molecule has 1 aromatic carbocycles. The molecule has 0 spiro atoms. The molecule has 2 rings (SSSR count). The number of nitrogens with two attached hydrogens (primary N) is 1. The number of anilines is 1. The summed E-state index contributed by atoms with van der Waals surface area (Å²) >= 11 is 0. The molecular formula is C12H15N3O2. The second-order valence-corrected chi connectivity index (χ2v) is 4.06. The normalized spacial score (nSPS) is 19.1. The summed E-state index contributed by atoms with van der Waals surface area (Å²) in [6.07, 6.45) is 2.16. The van der Waals surface area contributed by atoms with Gasteiger partial charge < -0.3 is 5.73 Å². The van der Waals surface area contributed by atoms with E-state index in [0.29, 0.717) is 6.42 Å². The van der Waals surface area contributed by atoms with Gasteiger partial charge in [-0.2, -0.15) is 0 Å². The highest BCUT2D eigenvalue weighted by Crippen LogP contribution is 2.24. The van der Waals surface area contributed by atoms with E-state index in [-0.39, 0.29) is 11.8 Å². The number of nitrogens with one attached hydrogen (secondary N) is 1. The Labute approximate surface area is 99.6 Å². The molecular weight excluding hydrogens is 218 g/mol. The molecule has 0 aliphatic heterocycles. The number of hydrazine groups is 1. The summed E-state index contributed by atoms with van der Waals surface area (Å²) in [6, 6.07) is 8.29. The Morgan fingerprint density at radius 3 is 2.59 bits per heavy atom. The van der Waals surface area contributed by atoms with Gasteiger partial charge in [-0.15, -0.1) is 0 Å². The molecule has 0 saturated heterocycles. The van der Waals surface area contributed by atoms with E-state index in [1.54, 1.807) is 5.01 Å². The fourth-order valence-electron chi connectivity index (χ4n) is 2.10. The lowest BCUT2D eigenvalue weighted by atomic mass is 10.2. The predicted octanol–water partition coefficient (Wildman–Crippen LogP) is 1.20. The van der Waals surface area contributed by atoms with Crippen molar-refractivity contribution in [2.24, 2.45) is 5.73 Å². The minimum absolute atomic E-state index is 0.141. The standard InChI is InChI=1S/C12H15N3O2/c13-12(17)14-15(9-5-2-1-3-6-9)10-7-4-8-11(10)16/h1-3,5-6,10H,4,7-8H2,(H3,13,14,17). The molecule has 2 amide bonds. The third-order valence-electron chi connectivity index (χ3n) is 2.85. The molecule has 17 heavy (non-hydrogen) atoms. The maximum atomic E-state index is 11.7. The van der Waals surface area contributed by atoms with Gasteiger partial charge in [-0.3, -0.25) is 9.80 Å². The first-order chi connectivity index (χ1) is 8.18. The summed E-state index contributed by atoms with van der Waals surface area (Å²) < 4.78 is 0. The van der Waals surface area contributed by atoms with Crippen molar-refractivity contribution in [1.82, 2.24) is 5.43 Å². The van der Waals surface area contributed by atoms with Crippen LogP contribution in [0.5, 0.6) is 0 Å². The van der Waals surface area contributed by atoms with E-state index in [1.807, 2.05) is 30.3 Å². The molecule has 0 aromatic heterocycles. The average molecular weight is 233 g/mol. The van der Waals surface area contributed by atoms with Crippen molar-refractivity contribution in [3.63, 3.8) is 0 Å². The number of amides is 2. The monoisotopic (exact) mass is 233 g/mol. The lowest BCUT2D eigenvalue weighted by Gasteiger charge is -2.29. The maximum absolute atomic E-state index is 11.7. The predicted molar refractivity (Wildman–Crippen MR) is 64.3 cm³/mol. The molecule has 0 heterocycles. The third kappa shape index (κ3) is 2.55. The van der Waals surface area contributed by atoms with E-state index >= 15 is 0 Å². The van der Waals surface area contributed by atoms with E-state index in [2.05, 4.69) is 5.43 Å². The summed E-state index contributed by atoms with van der Waals surface area (Å²) in [5.41, 5.74) is 8.43. The van der Waals surface area contributed by atoms with E-state index in [1.165, 1.54) is 0 Å². The number of nitrogens with zero attached hydrogens (tertiary/aromatic N) is 1. The first-order valence-corrected chi connectivity index (χ1v) is 5.61. The minimum atomic E-state index is -0.659. The van der Waals surface area contributed by atoms with Crippen LogP contribution in [0, 0.1) is 0 Å². The average Bonchev–Trinajstić information content (AvgIpc) is 2.73.